The van der Waals surface area contributed by atoms with Crippen LogP contribution in [0.25, 0.3) is 0 Å². The predicted octanol–water partition coefficient (Wildman–Crippen LogP) is 2.35. The number of ether oxygens (including phenoxy) is 1. The predicted molar refractivity (Wildman–Crippen MR) is 90.1 cm³/mol. The lowest BCUT2D eigenvalue weighted by Crippen LogP contribution is -2.38. The highest BCUT2D eigenvalue weighted by Gasteiger charge is 2.28. The van der Waals surface area contributed by atoms with Gasteiger partial charge in [-0.3, -0.25) is 4.79 Å². The number of benzene rings is 1. The fourth-order valence-corrected chi connectivity index (χ4v) is 2.82. The fourth-order valence-electron chi connectivity index (χ4n) is 2.82. The van der Waals surface area contributed by atoms with Crippen LogP contribution in [0, 0.1) is 17.8 Å². The minimum absolute atomic E-state index is 0.0556. The number of methoxy groups -OCH3 is 1. The Morgan fingerprint density at radius 1 is 1.35 bits per heavy atom. The van der Waals surface area contributed by atoms with Crippen molar-refractivity contribution in [2.24, 2.45) is 5.92 Å². The Morgan fingerprint density at radius 2 is 2.04 bits per heavy atom. The molecule has 1 saturated carbocycles. The van der Waals surface area contributed by atoms with E-state index in [0.717, 1.165) is 24.8 Å². The molecule has 4 heteroatoms. The normalized spacial score (nSPS) is 20.7. The zero-order chi connectivity index (χ0) is 16.9. The van der Waals surface area contributed by atoms with Gasteiger partial charge in [0, 0.05) is 30.2 Å². The van der Waals surface area contributed by atoms with Gasteiger partial charge < -0.3 is 15.2 Å². The summed E-state index contributed by atoms with van der Waals surface area (Å²) in [5.41, 5.74) is 0.387. The second-order valence-electron chi connectivity index (χ2n) is 6.61. The third kappa shape index (κ3) is 5.38. The van der Waals surface area contributed by atoms with E-state index in [4.69, 9.17) is 4.74 Å². The molecular weight excluding hydrogens is 290 g/mol. The summed E-state index contributed by atoms with van der Waals surface area (Å²) in [6.07, 6.45) is 3.24. The molecule has 1 amide bonds. The van der Waals surface area contributed by atoms with Gasteiger partial charge in [-0.1, -0.05) is 18.3 Å². The summed E-state index contributed by atoms with van der Waals surface area (Å²) in [5, 5.41) is 12.7. The smallest absolute Gasteiger partial charge is 0.251 e. The topological polar surface area (TPSA) is 58.6 Å². The number of hydrogen-bond donors (Lipinski definition) is 2. The second-order valence-corrected chi connectivity index (χ2v) is 6.61. The molecule has 0 heterocycles. The Morgan fingerprint density at radius 3 is 2.65 bits per heavy atom. The standard InChI is InChI=1S/C19H25NO3/c1-19(2,22)12-11-14-7-9-15(10-8-14)18(21)20-17-6-4-5-16(17)13-23-3/h7-10,16-17,22H,4-6,13H2,1-3H3,(H,20,21)/t16-,17-/m1/s1. The highest BCUT2D eigenvalue weighted by Crippen LogP contribution is 2.26. The van der Waals surface area contributed by atoms with Gasteiger partial charge in [-0.05, 0) is 51.0 Å². The number of carbonyl (C=O) groups is 1. The van der Waals surface area contributed by atoms with E-state index in [-0.39, 0.29) is 11.9 Å². The lowest BCUT2D eigenvalue weighted by molar-refractivity contribution is 0.0898. The lowest BCUT2D eigenvalue weighted by atomic mass is 10.0. The van der Waals surface area contributed by atoms with Crippen LogP contribution in [0.15, 0.2) is 24.3 Å². The highest BCUT2D eigenvalue weighted by atomic mass is 16.5. The molecule has 0 saturated heterocycles. The summed E-state index contributed by atoms with van der Waals surface area (Å²) in [7, 11) is 1.70. The first-order chi connectivity index (χ1) is 10.9. The molecule has 4 nitrogen and oxygen atoms in total. The monoisotopic (exact) mass is 315 g/mol. The van der Waals surface area contributed by atoms with Crippen LogP contribution < -0.4 is 5.32 Å². The van der Waals surface area contributed by atoms with E-state index in [1.807, 2.05) is 0 Å². The van der Waals surface area contributed by atoms with Crippen LogP contribution in [0.2, 0.25) is 0 Å². The van der Waals surface area contributed by atoms with Gasteiger partial charge in [0.2, 0.25) is 0 Å². The maximum Gasteiger partial charge on any atom is 0.251 e. The molecule has 1 aromatic rings. The quantitative estimate of drug-likeness (QED) is 0.839. The second kappa shape index (κ2) is 7.63. The summed E-state index contributed by atoms with van der Waals surface area (Å²) >= 11 is 0. The molecule has 2 atom stereocenters. The van der Waals surface area contributed by atoms with Gasteiger partial charge in [-0.15, -0.1) is 0 Å². The zero-order valence-electron chi connectivity index (χ0n) is 14.1. The molecule has 1 aromatic carbocycles. The molecular formula is C19H25NO3. The van der Waals surface area contributed by atoms with E-state index in [9.17, 15) is 9.90 Å². The lowest BCUT2D eigenvalue weighted by Gasteiger charge is -2.20. The maximum atomic E-state index is 12.4. The average Bonchev–Trinajstić information content (AvgIpc) is 2.92. The van der Waals surface area contributed by atoms with Gasteiger partial charge in [0.25, 0.3) is 5.91 Å². The van der Waals surface area contributed by atoms with Crippen LogP contribution in [0.1, 0.15) is 49.0 Å². The van der Waals surface area contributed by atoms with Crippen LogP contribution in [0.5, 0.6) is 0 Å². The van der Waals surface area contributed by atoms with Gasteiger partial charge in [0.15, 0.2) is 0 Å². The molecule has 0 aliphatic heterocycles. The molecule has 23 heavy (non-hydrogen) atoms. The van der Waals surface area contributed by atoms with Crippen molar-refractivity contribution in [1.82, 2.24) is 5.32 Å². The highest BCUT2D eigenvalue weighted by molar-refractivity contribution is 5.94. The maximum absolute atomic E-state index is 12.4. The number of rotatable bonds is 4. The number of amides is 1. The van der Waals surface area contributed by atoms with Crippen molar-refractivity contribution in [2.45, 2.75) is 44.8 Å². The van der Waals surface area contributed by atoms with Crippen LogP contribution in [-0.4, -0.2) is 36.4 Å². The Labute approximate surface area is 138 Å². The van der Waals surface area contributed by atoms with E-state index in [2.05, 4.69) is 17.2 Å². The zero-order valence-corrected chi connectivity index (χ0v) is 14.1. The summed E-state index contributed by atoms with van der Waals surface area (Å²) in [6, 6.07) is 7.33. The Kier molecular flexibility index (Phi) is 5.81. The van der Waals surface area contributed by atoms with Gasteiger partial charge in [0.05, 0.1) is 6.61 Å². The minimum Gasteiger partial charge on any atom is -0.384 e. The average molecular weight is 315 g/mol. The molecule has 2 N–H and O–H groups in total. The fraction of sp³-hybridized carbons (Fsp3) is 0.526. The Hall–Kier alpha value is -1.83. The van der Waals surface area contributed by atoms with Crippen molar-refractivity contribution in [3.8, 4) is 11.8 Å². The van der Waals surface area contributed by atoms with Crippen LogP contribution >= 0.6 is 0 Å². The first-order valence-electron chi connectivity index (χ1n) is 8.04. The van der Waals surface area contributed by atoms with E-state index in [1.54, 1.807) is 45.2 Å². The van der Waals surface area contributed by atoms with Gasteiger partial charge in [-0.2, -0.15) is 0 Å². The van der Waals surface area contributed by atoms with Crippen molar-refractivity contribution < 1.29 is 14.6 Å². The summed E-state index contributed by atoms with van der Waals surface area (Å²) in [4.78, 5) is 12.4. The van der Waals surface area contributed by atoms with Crippen LogP contribution in [-0.2, 0) is 4.74 Å². The van der Waals surface area contributed by atoms with Gasteiger partial charge in [-0.25, -0.2) is 0 Å². The molecule has 1 fully saturated rings. The number of aliphatic hydroxyl groups is 1. The molecule has 0 unspecified atom stereocenters. The van der Waals surface area contributed by atoms with E-state index >= 15 is 0 Å². The van der Waals surface area contributed by atoms with Crippen molar-refractivity contribution in [3.05, 3.63) is 35.4 Å². The molecule has 0 aromatic heterocycles. The van der Waals surface area contributed by atoms with E-state index in [1.165, 1.54) is 0 Å². The van der Waals surface area contributed by atoms with Crippen molar-refractivity contribution >= 4 is 5.91 Å². The SMILES string of the molecule is COC[C@H]1CCC[C@H]1NC(=O)c1ccc(C#CC(C)(C)O)cc1. The first kappa shape index (κ1) is 17.5. The van der Waals surface area contributed by atoms with Gasteiger partial charge >= 0.3 is 0 Å². The molecule has 0 spiro atoms. The first-order valence-corrected chi connectivity index (χ1v) is 8.04. The molecule has 2 rings (SSSR count). The van der Waals surface area contributed by atoms with Crippen molar-refractivity contribution in [2.75, 3.05) is 13.7 Å². The van der Waals surface area contributed by atoms with Gasteiger partial charge in [0.1, 0.15) is 5.60 Å². The molecule has 0 bridgehead atoms. The Balaban J connectivity index is 1.98. The van der Waals surface area contributed by atoms with E-state index < -0.39 is 5.60 Å². The Bertz CT molecular complexity index is 590. The summed E-state index contributed by atoms with van der Waals surface area (Å²) in [6.45, 7) is 3.97. The number of carbonyl (C=O) groups excluding carboxylic acids is 1. The largest absolute Gasteiger partial charge is 0.384 e. The number of nitrogens with one attached hydrogen (secondary N) is 1. The number of hydrogen-bond acceptors (Lipinski definition) is 3. The van der Waals surface area contributed by atoms with Crippen LogP contribution in [0.4, 0.5) is 0 Å². The molecule has 0 radical (unpaired) electrons. The molecule has 1 aliphatic rings. The summed E-state index contributed by atoms with van der Waals surface area (Å²) < 4.78 is 5.23. The summed E-state index contributed by atoms with van der Waals surface area (Å²) in [5.74, 6) is 6.00. The van der Waals surface area contributed by atoms with Crippen LogP contribution in [0.3, 0.4) is 0 Å². The molecule has 1 aliphatic carbocycles. The molecule has 124 valence electrons. The van der Waals surface area contributed by atoms with E-state index in [0.29, 0.717) is 18.1 Å². The third-order valence-corrected chi connectivity index (χ3v) is 4.02. The van der Waals surface area contributed by atoms with Crippen molar-refractivity contribution in [3.63, 3.8) is 0 Å². The minimum atomic E-state index is -1.02. The third-order valence-electron chi connectivity index (χ3n) is 4.02. The van der Waals surface area contributed by atoms with Crippen molar-refractivity contribution in [1.29, 1.82) is 0 Å².